The van der Waals surface area contributed by atoms with E-state index in [0.717, 1.165) is 11.8 Å². The largest absolute Gasteiger partial charge is 0.477 e. The molecule has 10 nitrogen and oxygen atoms in total. The molecule has 0 spiro atoms. The Hall–Kier alpha value is -2.25. The van der Waals surface area contributed by atoms with Gasteiger partial charge in [-0.15, -0.1) is 22.0 Å². The lowest BCUT2D eigenvalue weighted by Gasteiger charge is -2.49. The summed E-state index contributed by atoms with van der Waals surface area (Å²) in [7, 11) is 0. The molecule has 3 aliphatic rings. The quantitative estimate of drug-likeness (QED) is 0.565. The number of amides is 2. The standard InChI is InChI=1S/C15H14N6O4S3/c1-5-19-20-12(28-5)6-3-26-14-9(13(23)21(14)10(6)15(24)25)18-8(22)2-7-11(16)27-4-17-7/h4,7,9,14,16H,2-3H2,1H3,(H,18,22)(H,24,25)/t7?,9?,14-/m1/s1. The second-order valence-electron chi connectivity index (χ2n) is 6.17. The van der Waals surface area contributed by atoms with Crippen LogP contribution in [0.3, 0.4) is 0 Å². The molecule has 1 fully saturated rings. The van der Waals surface area contributed by atoms with Crippen molar-refractivity contribution in [3.63, 3.8) is 0 Å². The number of nitrogens with one attached hydrogen (secondary N) is 2. The Balaban J connectivity index is 1.50. The fourth-order valence-electron chi connectivity index (χ4n) is 3.06. The molecule has 146 valence electrons. The van der Waals surface area contributed by atoms with Gasteiger partial charge in [-0.05, 0) is 6.92 Å². The average Bonchev–Trinajstić information content (AvgIpc) is 3.26. The number of thioether (sulfide) groups is 2. The van der Waals surface area contributed by atoms with Gasteiger partial charge < -0.3 is 10.4 Å². The molecule has 3 N–H and O–H groups in total. The Kier molecular flexibility index (Phi) is 4.97. The maximum Gasteiger partial charge on any atom is 0.353 e. The SMILES string of the molecule is Cc1nnc(C2=C(C(=O)O)N3C(=O)C(NC(=O)CC4N=CSC4=N)[C@H]3SC2)s1. The van der Waals surface area contributed by atoms with Gasteiger partial charge in [0.15, 0.2) is 0 Å². The third-order valence-corrected chi connectivity index (χ3v) is 7.30. The summed E-state index contributed by atoms with van der Waals surface area (Å²) >= 11 is 3.81. The number of carboxylic acids is 1. The van der Waals surface area contributed by atoms with Crippen LogP contribution in [0.5, 0.6) is 0 Å². The van der Waals surface area contributed by atoms with Crippen molar-refractivity contribution in [2.24, 2.45) is 4.99 Å². The van der Waals surface area contributed by atoms with Crippen molar-refractivity contribution in [3.8, 4) is 0 Å². The minimum absolute atomic E-state index is 0.0135. The Morgan fingerprint density at radius 3 is 2.82 bits per heavy atom. The second-order valence-corrected chi connectivity index (χ2v) is 9.34. The molecule has 3 atom stereocenters. The van der Waals surface area contributed by atoms with Crippen LogP contribution >= 0.6 is 34.9 Å². The van der Waals surface area contributed by atoms with Crippen LogP contribution in [0.2, 0.25) is 0 Å². The number of nitrogens with zero attached hydrogens (tertiary/aromatic N) is 4. The van der Waals surface area contributed by atoms with Crippen molar-refractivity contribution >= 4 is 68.8 Å². The van der Waals surface area contributed by atoms with Gasteiger partial charge >= 0.3 is 5.97 Å². The Labute approximate surface area is 171 Å². The van der Waals surface area contributed by atoms with E-state index >= 15 is 0 Å². The zero-order valence-corrected chi connectivity index (χ0v) is 16.9. The van der Waals surface area contributed by atoms with E-state index in [4.69, 9.17) is 5.41 Å². The number of hydrogen-bond acceptors (Lipinski definition) is 10. The predicted molar refractivity (Wildman–Crippen MR) is 106 cm³/mol. The van der Waals surface area contributed by atoms with Crippen LogP contribution in [0.4, 0.5) is 0 Å². The minimum Gasteiger partial charge on any atom is -0.477 e. The van der Waals surface area contributed by atoms with Gasteiger partial charge in [-0.3, -0.25) is 24.9 Å². The molecule has 0 aliphatic carbocycles. The topological polar surface area (TPSA) is 149 Å². The van der Waals surface area contributed by atoms with Gasteiger partial charge in [0.05, 0.1) is 17.0 Å². The average molecular weight is 439 g/mol. The fraction of sp³-hybridized carbons (Fsp3) is 0.400. The highest BCUT2D eigenvalue weighted by Gasteiger charge is 2.54. The first kappa shape index (κ1) is 19.1. The van der Waals surface area contributed by atoms with Gasteiger partial charge in [-0.25, -0.2) is 4.79 Å². The summed E-state index contributed by atoms with van der Waals surface area (Å²) in [6.07, 6.45) is -0.0135. The maximum atomic E-state index is 12.6. The molecule has 4 heterocycles. The molecule has 13 heteroatoms. The summed E-state index contributed by atoms with van der Waals surface area (Å²) in [5.41, 5.74) is 1.88. The van der Waals surface area contributed by atoms with Crippen molar-refractivity contribution in [3.05, 3.63) is 15.7 Å². The first-order valence-electron chi connectivity index (χ1n) is 8.14. The normalized spacial score (nSPS) is 26.3. The first-order chi connectivity index (χ1) is 13.4. The lowest BCUT2D eigenvalue weighted by Crippen LogP contribution is -2.70. The van der Waals surface area contributed by atoms with Gasteiger partial charge in [0, 0.05) is 11.3 Å². The molecule has 28 heavy (non-hydrogen) atoms. The molecule has 0 aromatic carbocycles. The van der Waals surface area contributed by atoms with Crippen LogP contribution in [-0.2, 0) is 14.4 Å². The van der Waals surface area contributed by atoms with E-state index in [1.165, 1.54) is 33.5 Å². The van der Waals surface area contributed by atoms with E-state index < -0.39 is 29.3 Å². The van der Waals surface area contributed by atoms with Crippen molar-refractivity contribution in [1.29, 1.82) is 5.41 Å². The molecule has 2 unspecified atom stereocenters. The number of aryl methyl sites for hydroxylation is 1. The smallest absolute Gasteiger partial charge is 0.353 e. The molecular weight excluding hydrogens is 424 g/mol. The summed E-state index contributed by atoms with van der Waals surface area (Å²) in [6.45, 7) is 1.77. The third kappa shape index (κ3) is 3.22. The monoisotopic (exact) mass is 438 g/mol. The van der Waals surface area contributed by atoms with Crippen LogP contribution in [0.25, 0.3) is 5.57 Å². The summed E-state index contributed by atoms with van der Waals surface area (Å²) < 4.78 is 0. The van der Waals surface area contributed by atoms with E-state index in [9.17, 15) is 19.5 Å². The molecule has 2 amide bonds. The summed E-state index contributed by atoms with van der Waals surface area (Å²) in [5.74, 6) is -1.72. The summed E-state index contributed by atoms with van der Waals surface area (Å²) in [6, 6.07) is -1.31. The van der Waals surface area contributed by atoms with Crippen LogP contribution in [0.15, 0.2) is 10.7 Å². The number of aliphatic carboxylic acids is 1. The van der Waals surface area contributed by atoms with Gasteiger partial charge in [-0.1, -0.05) is 23.1 Å². The van der Waals surface area contributed by atoms with Crippen LogP contribution in [0, 0.1) is 12.3 Å². The van der Waals surface area contributed by atoms with E-state index in [1.54, 1.807) is 6.92 Å². The van der Waals surface area contributed by atoms with Crippen LogP contribution < -0.4 is 5.32 Å². The van der Waals surface area contributed by atoms with Crippen LogP contribution in [-0.4, -0.2) is 71.8 Å². The molecule has 3 aliphatic heterocycles. The Bertz CT molecular complexity index is 957. The van der Waals surface area contributed by atoms with Gasteiger partial charge in [-0.2, -0.15) is 0 Å². The highest BCUT2D eigenvalue weighted by Crippen LogP contribution is 2.43. The summed E-state index contributed by atoms with van der Waals surface area (Å²) in [5, 5.41) is 28.9. The molecule has 1 aromatic heterocycles. The van der Waals surface area contributed by atoms with Gasteiger partial charge in [0.1, 0.15) is 33.2 Å². The van der Waals surface area contributed by atoms with Crippen molar-refractivity contribution < 1.29 is 19.5 Å². The number of rotatable bonds is 5. The molecule has 0 bridgehead atoms. The first-order valence-corrected chi connectivity index (χ1v) is 10.9. The van der Waals surface area contributed by atoms with Crippen molar-refractivity contribution in [2.45, 2.75) is 30.8 Å². The fourth-order valence-corrected chi connectivity index (χ4v) is 5.86. The van der Waals surface area contributed by atoms with E-state index in [-0.39, 0.29) is 23.1 Å². The van der Waals surface area contributed by atoms with E-state index in [2.05, 4.69) is 20.5 Å². The molecule has 0 radical (unpaired) electrons. The zero-order chi connectivity index (χ0) is 20.0. The van der Waals surface area contributed by atoms with E-state index in [1.807, 2.05) is 0 Å². The molecular formula is C15H14N6O4S3. The molecule has 0 saturated carbocycles. The predicted octanol–water partition coefficient (Wildman–Crippen LogP) is 0.553. The van der Waals surface area contributed by atoms with Crippen molar-refractivity contribution in [1.82, 2.24) is 20.4 Å². The number of carbonyl (C=O) groups excluding carboxylic acids is 2. The highest BCUT2D eigenvalue weighted by atomic mass is 32.2. The number of aromatic nitrogens is 2. The molecule has 1 saturated heterocycles. The number of carbonyl (C=O) groups is 3. The number of fused-ring (bicyclic) bond motifs is 1. The lowest BCUT2D eigenvalue weighted by atomic mass is 10.0. The third-order valence-electron chi connectivity index (χ3n) is 4.37. The zero-order valence-electron chi connectivity index (χ0n) is 14.4. The molecule has 4 rings (SSSR count). The van der Waals surface area contributed by atoms with Gasteiger partial charge in [0.25, 0.3) is 5.91 Å². The second kappa shape index (κ2) is 7.29. The van der Waals surface area contributed by atoms with E-state index in [0.29, 0.717) is 21.3 Å². The number of aliphatic imine (C=N–C) groups is 1. The minimum atomic E-state index is -1.21. The number of carboxylic acid groups (broad SMARTS) is 1. The lowest BCUT2D eigenvalue weighted by molar-refractivity contribution is -0.150. The van der Waals surface area contributed by atoms with Crippen LogP contribution in [0.1, 0.15) is 16.4 Å². The Morgan fingerprint density at radius 1 is 1.43 bits per heavy atom. The summed E-state index contributed by atoms with van der Waals surface area (Å²) in [4.78, 5) is 42.0. The molecule has 1 aromatic rings. The number of β-lactam (4-membered cyclic amide) rings is 1. The highest BCUT2D eigenvalue weighted by molar-refractivity contribution is 8.25. The Morgan fingerprint density at radius 2 is 2.21 bits per heavy atom. The number of hydrogen-bond donors (Lipinski definition) is 3. The van der Waals surface area contributed by atoms with Crippen molar-refractivity contribution in [2.75, 3.05) is 5.75 Å². The van der Waals surface area contributed by atoms with Gasteiger partial charge in [0.2, 0.25) is 5.91 Å². The maximum absolute atomic E-state index is 12.6.